The van der Waals surface area contributed by atoms with E-state index in [2.05, 4.69) is 36.2 Å². The van der Waals surface area contributed by atoms with Crippen LogP contribution in [-0.2, 0) is 13.5 Å². The summed E-state index contributed by atoms with van der Waals surface area (Å²) in [4.78, 5) is 12.7. The van der Waals surface area contributed by atoms with Crippen molar-refractivity contribution in [3.8, 4) is 0 Å². The van der Waals surface area contributed by atoms with Gasteiger partial charge in [0.1, 0.15) is 22.1 Å². The van der Waals surface area contributed by atoms with Crippen molar-refractivity contribution < 1.29 is 0 Å². The summed E-state index contributed by atoms with van der Waals surface area (Å²) in [6, 6.07) is 1.87. The summed E-state index contributed by atoms with van der Waals surface area (Å²) in [5.74, 6) is 2.64. The topological polar surface area (TPSA) is 55.6 Å². The summed E-state index contributed by atoms with van der Waals surface area (Å²) in [5, 5.41) is 3.26. The van der Waals surface area contributed by atoms with Crippen LogP contribution in [0.4, 0.5) is 5.82 Å². The summed E-state index contributed by atoms with van der Waals surface area (Å²) < 4.78 is 2.81. The quantitative estimate of drug-likeness (QED) is 0.876. The van der Waals surface area contributed by atoms with Crippen LogP contribution < -0.4 is 5.32 Å². The zero-order chi connectivity index (χ0) is 12.3. The molecule has 0 unspecified atom stereocenters. The lowest BCUT2D eigenvalue weighted by molar-refractivity contribution is 0.788. The molecule has 0 aliphatic heterocycles. The van der Waals surface area contributed by atoms with Gasteiger partial charge in [-0.3, -0.25) is 0 Å². The minimum Gasteiger partial charge on any atom is -0.369 e. The first-order valence-electron chi connectivity index (χ1n) is 5.36. The smallest absolute Gasteiger partial charge is 0.130 e. The summed E-state index contributed by atoms with van der Waals surface area (Å²) in [6.07, 6.45) is 4.62. The number of imidazole rings is 1. The van der Waals surface area contributed by atoms with Crippen molar-refractivity contribution in [1.82, 2.24) is 19.5 Å². The second kappa shape index (κ2) is 5.27. The van der Waals surface area contributed by atoms with Gasteiger partial charge in [-0.2, -0.15) is 0 Å². The summed E-state index contributed by atoms with van der Waals surface area (Å²) in [6.45, 7) is 2.67. The van der Waals surface area contributed by atoms with Gasteiger partial charge in [0.2, 0.25) is 0 Å². The first-order valence-corrected chi connectivity index (χ1v) is 6.16. The molecule has 0 saturated carbocycles. The van der Waals surface area contributed by atoms with Crippen molar-refractivity contribution in [1.29, 1.82) is 0 Å². The van der Waals surface area contributed by atoms with Crippen LogP contribution >= 0.6 is 15.9 Å². The fourth-order valence-electron chi connectivity index (χ4n) is 1.56. The third kappa shape index (κ3) is 3.26. The Balaban J connectivity index is 1.92. The van der Waals surface area contributed by atoms with Crippen LogP contribution in [0.1, 0.15) is 11.6 Å². The van der Waals surface area contributed by atoms with Crippen molar-refractivity contribution >= 4 is 21.7 Å². The van der Waals surface area contributed by atoms with E-state index >= 15 is 0 Å². The molecule has 6 heteroatoms. The molecule has 17 heavy (non-hydrogen) atoms. The highest BCUT2D eigenvalue weighted by atomic mass is 79.9. The minimum absolute atomic E-state index is 0.749. The summed E-state index contributed by atoms with van der Waals surface area (Å²) in [7, 11) is 1.99. The zero-order valence-corrected chi connectivity index (χ0v) is 11.4. The number of hydrogen-bond acceptors (Lipinski definition) is 4. The average Bonchev–Trinajstić information content (AvgIpc) is 2.63. The van der Waals surface area contributed by atoms with Gasteiger partial charge in [0.15, 0.2) is 0 Å². The van der Waals surface area contributed by atoms with Crippen LogP contribution in [0, 0.1) is 6.92 Å². The van der Waals surface area contributed by atoms with Gasteiger partial charge in [-0.05, 0) is 22.9 Å². The number of anilines is 1. The van der Waals surface area contributed by atoms with Crippen molar-refractivity contribution in [2.45, 2.75) is 13.3 Å². The van der Waals surface area contributed by atoms with Crippen LogP contribution in [0.2, 0.25) is 0 Å². The molecule has 0 spiro atoms. The molecule has 0 atom stereocenters. The van der Waals surface area contributed by atoms with Gasteiger partial charge in [0, 0.05) is 38.5 Å². The second-order valence-electron chi connectivity index (χ2n) is 3.75. The molecule has 2 aromatic heterocycles. The van der Waals surface area contributed by atoms with E-state index in [-0.39, 0.29) is 0 Å². The average molecular weight is 296 g/mol. The third-order valence-corrected chi connectivity index (χ3v) is 2.79. The lowest BCUT2D eigenvalue weighted by Crippen LogP contribution is -2.10. The number of aryl methyl sites for hydroxylation is 2. The zero-order valence-electron chi connectivity index (χ0n) is 9.81. The van der Waals surface area contributed by atoms with Crippen molar-refractivity contribution in [3.63, 3.8) is 0 Å². The largest absolute Gasteiger partial charge is 0.369 e. The number of hydrogen-bond donors (Lipinski definition) is 1. The molecule has 0 radical (unpaired) electrons. The molecule has 2 rings (SSSR count). The minimum atomic E-state index is 0.749. The summed E-state index contributed by atoms with van der Waals surface area (Å²) in [5.41, 5.74) is 0. The van der Waals surface area contributed by atoms with Crippen LogP contribution in [0.25, 0.3) is 0 Å². The molecule has 0 aliphatic carbocycles. The lowest BCUT2D eigenvalue weighted by atomic mass is 10.4. The second-order valence-corrected chi connectivity index (χ2v) is 4.57. The Kier molecular flexibility index (Phi) is 3.73. The van der Waals surface area contributed by atoms with E-state index in [1.807, 2.05) is 30.8 Å². The molecular formula is C11H14BrN5. The van der Waals surface area contributed by atoms with Crippen LogP contribution in [0.5, 0.6) is 0 Å². The Bertz CT molecular complexity index is 488. The van der Waals surface area contributed by atoms with Crippen molar-refractivity contribution in [3.05, 3.63) is 34.7 Å². The number of aromatic nitrogens is 4. The molecule has 5 nitrogen and oxygen atoms in total. The van der Waals surface area contributed by atoms with Gasteiger partial charge < -0.3 is 9.88 Å². The molecule has 0 bridgehead atoms. The Labute approximate surface area is 108 Å². The molecule has 0 amide bonds. The number of halogens is 1. The van der Waals surface area contributed by atoms with Crippen molar-refractivity contribution in [2.75, 3.05) is 11.9 Å². The maximum Gasteiger partial charge on any atom is 0.130 e. The fraction of sp³-hybridized carbons (Fsp3) is 0.364. The van der Waals surface area contributed by atoms with E-state index in [0.29, 0.717) is 0 Å². The molecule has 0 fully saturated rings. The van der Waals surface area contributed by atoms with Gasteiger partial charge >= 0.3 is 0 Å². The molecule has 1 N–H and O–H groups in total. The Morgan fingerprint density at radius 1 is 1.41 bits per heavy atom. The highest BCUT2D eigenvalue weighted by molar-refractivity contribution is 9.10. The van der Waals surface area contributed by atoms with Gasteiger partial charge in [-0.1, -0.05) is 0 Å². The first-order chi connectivity index (χ1) is 8.15. The van der Waals surface area contributed by atoms with Crippen LogP contribution in [0.3, 0.4) is 0 Å². The van der Waals surface area contributed by atoms with Gasteiger partial charge in [0.25, 0.3) is 0 Å². The molecule has 2 aromatic rings. The fourth-order valence-corrected chi connectivity index (χ4v) is 2.04. The van der Waals surface area contributed by atoms with Gasteiger partial charge in [0.05, 0.1) is 0 Å². The summed E-state index contributed by atoms with van der Waals surface area (Å²) >= 11 is 3.35. The maximum atomic E-state index is 4.30. The molecule has 2 heterocycles. The van der Waals surface area contributed by atoms with E-state index < -0.39 is 0 Å². The predicted octanol–water partition coefficient (Wildman–Crippen LogP) is 1.94. The predicted molar refractivity (Wildman–Crippen MR) is 69.9 cm³/mol. The SMILES string of the molecule is Cc1nc(Br)cc(NCCc2nccn2C)n1. The number of nitrogens with zero attached hydrogens (tertiary/aromatic N) is 4. The first kappa shape index (κ1) is 12.0. The van der Waals surface area contributed by atoms with Crippen molar-refractivity contribution in [2.24, 2.45) is 7.05 Å². The van der Waals surface area contributed by atoms with E-state index in [1.54, 1.807) is 6.20 Å². The van der Waals surface area contributed by atoms with E-state index in [1.165, 1.54) is 0 Å². The van der Waals surface area contributed by atoms with E-state index in [0.717, 1.165) is 35.0 Å². The molecule has 90 valence electrons. The van der Waals surface area contributed by atoms with Crippen LogP contribution in [-0.4, -0.2) is 26.1 Å². The number of nitrogens with one attached hydrogen (secondary N) is 1. The van der Waals surface area contributed by atoms with Gasteiger partial charge in [-0.25, -0.2) is 15.0 Å². The molecular weight excluding hydrogens is 282 g/mol. The molecule has 0 saturated heterocycles. The molecule has 0 aliphatic rings. The normalized spacial score (nSPS) is 10.5. The highest BCUT2D eigenvalue weighted by Crippen LogP contribution is 2.11. The van der Waals surface area contributed by atoms with Crippen LogP contribution in [0.15, 0.2) is 23.1 Å². The Hall–Kier alpha value is -1.43. The lowest BCUT2D eigenvalue weighted by Gasteiger charge is -2.06. The molecule has 0 aromatic carbocycles. The standard InChI is InChI=1S/C11H14BrN5/c1-8-15-9(12)7-10(16-8)13-4-3-11-14-5-6-17(11)2/h5-7H,3-4H2,1-2H3,(H,13,15,16). The van der Waals surface area contributed by atoms with Gasteiger partial charge in [-0.15, -0.1) is 0 Å². The Morgan fingerprint density at radius 3 is 2.88 bits per heavy atom. The highest BCUT2D eigenvalue weighted by Gasteiger charge is 2.01. The van der Waals surface area contributed by atoms with E-state index in [9.17, 15) is 0 Å². The van der Waals surface area contributed by atoms with E-state index in [4.69, 9.17) is 0 Å². The number of rotatable bonds is 4. The maximum absolute atomic E-state index is 4.30. The third-order valence-electron chi connectivity index (χ3n) is 2.38. The monoisotopic (exact) mass is 295 g/mol. The Morgan fingerprint density at radius 2 is 2.24 bits per heavy atom.